The van der Waals surface area contributed by atoms with Crippen molar-refractivity contribution in [2.75, 3.05) is 20.3 Å². The van der Waals surface area contributed by atoms with E-state index in [9.17, 15) is 31.0 Å². The smallest absolute Gasteiger partial charge is 0.217 e. The maximum Gasteiger partial charge on any atom is 0.217 e. The number of rotatable bonds is 6. The van der Waals surface area contributed by atoms with Crippen LogP contribution in [0.25, 0.3) is 0 Å². The summed E-state index contributed by atoms with van der Waals surface area (Å²) in [7, 11) is -8.61. The molecule has 0 aromatic heterocycles. The third kappa shape index (κ3) is 5.55. The number of ether oxygens (including phenoxy) is 2. The molecule has 120 valence electrons. The standard InChI is InChI=1S/C7H15NO10S2/c1-16-7-5(3-18-20(13,14)15)17-2-4(6(7)9)8-19(10,11)12/h4-9H,2-3H2,1H3,(H,10,11,12)(H,13,14,15)/p-2/t4-,5?,6?,7+/m1/s1. The van der Waals surface area contributed by atoms with E-state index in [0.29, 0.717) is 0 Å². The van der Waals surface area contributed by atoms with Gasteiger partial charge in [0.2, 0.25) is 10.4 Å². The molecule has 0 aromatic rings. The monoisotopic (exact) mass is 335 g/mol. The predicted molar refractivity (Wildman–Crippen MR) is 58.8 cm³/mol. The van der Waals surface area contributed by atoms with Crippen molar-refractivity contribution < 1.29 is 44.7 Å². The van der Waals surface area contributed by atoms with E-state index < -0.39 is 58.3 Å². The molecule has 20 heavy (non-hydrogen) atoms. The molecule has 0 amide bonds. The SMILES string of the molecule is CO[C@H]1C(COS(=O)(=O)[O-])OC[C@@H](NS(=O)(=O)[O-])C1O. The molecule has 1 aliphatic heterocycles. The lowest BCUT2D eigenvalue weighted by atomic mass is 9.99. The van der Waals surface area contributed by atoms with Gasteiger partial charge in [0.05, 0.1) is 19.3 Å². The van der Waals surface area contributed by atoms with Crippen LogP contribution in [0.2, 0.25) is 0 Å². The number of methoxy groups -OCH3 is 1. The highest BCUT2D eigenvalue weighted by atomic mass is 32.3. The average Bonchev–Trinajstić information content (AvgIpc) is 2.27. The molecule has 0 spiro atoms. The van der Waals surface area contributed by atoms with Crippen LogP contribution in [0.15, 0.2) is 0 Å². The van der Waals surface area contributed by atoms with Gasteiger partial charge in [-0.2, -0.15) is 0 Å². The van der Waals surface area contributed by atoms with E-state index >= 15 is 0 Å². The van der Waals surface area contributed by atoms with Crippen LogP contribution < -0.4 is 4.72 Å². The summed E-state index contributed by atoms with van der Waals surface area (Å²) in [6.07, 6.45) is -3.80. The van der Waals surface area contributed by atoms with Gasteiger partial charge in [0, 0.05) is 7.11 Å². The Kier molecular flexibility index (Phi) is 5.82. The predicted octanol–water partition coefficient (Wildman–Crippen LogP) is -3.34. The Morgan fingerprint density at radius 1 is 1.35 bits per heavy atom. The Morgan fingerprint density at radius 3 is 2.40 bits per heavy atom. The fourth-order valence-electron chi connectivity index (χ4n) is 1.74. The normalized spacial score (nSPS) is 32.2. The largest absolute Gasteiger partial charge is 0.735 e. The number of aliphatic hydroxyl groups is 1. The van der Waals surface area contributed by atoms with Gasteiger partial charge in [-0.1, -0.05) is 0 Å². The zero-order chi connectivity index (χ0) is 15.6. The highest BCUT2D eigenvalue weighted by molar-refractivity contribution is 7.83. The first-order chi connectivity index (χ1) is 9.03. The molecule has 1 fully saturated rings. The first kappa shape index (κ1) is 17.7. The van der Waals surface area contributed by atoms with Gasteiger partial charge in [0.25, 0.3) is 0 Å². The number of aliphatic hydroxyl groups excluding tert-OH is 1. The van der Waals surface area contributed by atoms with Gasteiger partial charge in [-0.15, -0.1) is 0 Å². The topological polar surface area (TPSA) is 174 Å². The second kappa shape index (κ2) is 6.59. The van der Waals surface area contributed by atoms with E-state index in [4.69, 9.17) is 9.47 Å². The fraction of sp³-hybridized carbons (Fsp3) is 1.00. The molecule has 1 aliphatic rings. The molecule has 0 bridgehead atoms. The van der Waals surface area contributed by atoms with Crippen LogP contribution in [0.5, 0.6) is 0 Å². The molecule has 2 N–H and O–H groups in total. The van der Waals surface area contributed by atoms with Crippen LogP contribution in [0.1, 0.15) is 0 Å². The molecule has 2 unspecified atom stereocenters. The summed E-state index contributed by atoms with van der Waals surface area (Å²) < 4.78 is 78.1. The van der Waals surface area contributed by atoms with Crippen molar-refractivity contribution in [3.63, 3.8) is 0 Å². The van der Waals surface area contributed by atoms with E-state index in [1.807, 2.05) is 0 Å². The summed E-state index contributed by atoms with van der Waals surface area (Å²) >= 11 is 0. The van der Waals surface area contributed by atoms with Gasteiger partial charge in [-0.25, -0.2) is 21.6 Å². The van der Waals surface area contributed by atoms with Crippen LogP contribution in [-0.2, 0) is 34.4 Å². The van der Waals surface area contributed by atoms with Crippen LogP contribution in [0.3, 0.4) is 0 Å². The summed E-state index contributed by atoms with van der Waals surface area (Å²) in [4.78, 5) is 0. The van der Waals surface area contributed by atoms with Crippen molar-refractivity contribution in [2.45, 2.75) is 24.4 Å². The third-order valence-corrected chi connectivity index (χ3v) is 3.57. The van der Waals surface area contributed by atoms with E-state index in [2.05, 4.69) is 4.18 Å². The van der Waals surface area contributed by atoms with Crippen LogP contribution in [0.4, 0.5) is 0 Å². The van der Waals surface area contributed by atoms with Gasteiger partial charge in [-0.05, 0) is 0 Å². The molecule has 13 heteroatoms. The van der Waals surface area contributed by atoms with Crippen molar-refractivity contribution in [3.05, 3.63) is 0 Å². The highest BCUT2D eigenvalue weighted by Crippen LogP contribution is 2.19. The van der Waals surface area contributed by atoms with Gasteiger partial charge in [0.1, 0.15) is 18.3 Å². The molecule has 0 aliphatic carbocycles. The second-order valence-corrected chi connectivity index (χ2v) is 6.13. The van der Waals surface area contributed by atoms with E-state index in [1.165, 1.54) is 0 Å². The Balaban J connectivity index is 2.71. The van der Waals surface area contributed by atoms with Crippen molar-refractivity contribution >= 4 is 20.7 Å². The molecule has 4 atom stereocenters. The summed E-state index contributed by atoms with van der Waals surface area (Å²) in [5.74, 6) is 0. The minimum atomic E-state index is -4.94. The summed E-state index contributed by atoms with van der Waals surface area (Å²) in [5.41, 5.74) is 0. The lowest BCUT2D eigenvalue weighted by molar-refractivity contribution is -0.167. The van der Waals surface area contributed by atoms with Crippen molar-refractivity contribution in [1.29, 1.82) is 0 Å². The lowest BCUT2D eigenvalue weighted by Crippen LogP contribution is -2.60. The van der Waals surface area contributed by atoms with Gasteiger partial charge >= 0.3 is 0 Å². The molecule has 0 radical (unpaired) electrons. The molecular weight excluding hydrogens is 322 g/mol. The Labute approximate surface area is 115 Å². The van der Waals surface area contributed by atoms with Gasteiger partial charge < -0.3 is 23.7 Å². The summed E-state index contributed by atoms with van der Waals surface area (Å²) in [6, 6.07) is -1.26. The Hall–Kier alpha value is -0.380. The molecule has 11 nitrogen and oxygen atoms in total. The molecular formula is C7H13NO10S2-2. The molecule has 0 saturated carbocycles. The zero-order valence-corrected chi connectivity index (χ0v) is 11.8. The number of hydrogen-bond donors (Lipinski definition) is 2. The number of nitrogens with one attached hydrogen (secondary N) is 1. The molecule has 0 aromatic carbocycles. The van der Waals surface area contributed by atoms with Crippen molar-refractivity contribution in [1.82, 2.24) is 4.72 Å². The summed E-state index contributed by atoms with van der Waals surface area (Å²) in [6.45, 7) is -1.13. The minimum Gasteiger partial charge on any atom is -0.735 e. The van der Waals surface area contributed by atoms with Crippen LogP contribution >= 0.6 is 0 Å². The quantitative estimate of drug-likeness (QED) is 0.368. The van der Waals surface area contributed by atoms with E-state index in [1.54, 1.807) is 4.72 Å². The van der Waals surface area contributed by atoms with Gasteiger partial charge in [-0.3, -0.25) is 4.18 Å². The first-order valence-electron chi connectivity index (χ1n) is 5.19. The Bertz CT molecular complexity index is 514. The van der Waals surface area contributed by atoms with Crippen LogP contribution in [0, 0.1) is 0 Å². The first-order valence-corrected chi connectivity index (χ1v) is 7.93. The average molecular weight is 335 g/mol. The molecule has 1 rings (SSSR count). The van der Waals surface area contributed by atoms with Crippen LogP contribution in [-0.4, -0.2) is 75.7 Å². The van der Waals surface area contributed by atoms with E-state index in [-0.39, 0.29) is 0 Å². The maximum absolute atomic E-state index is 10.6. The maximum atomic E-state index is 10.6. The van der Waals surface area contributed by atoms with Gasteiger partial charge in [0.15, 0.2) is 10.3 Å². The third-order valence-electron chi connectivity index (χ3n) is 2.55. The Morgan fingerprint density at radius 2 is 1.95 bits per heavy atom. The minimum absolute atomic E-state index is 0.421. The van der Waals surface area contributed by atoms with Crippen molar-refractivity contribution in [3.8, 4) is 0 Å². The van der Waals surface area contributed by atoms with E-state index in [0.717, 1.165) is 7.11 Å². The summed E-state index contributed by atoms with van der Waals surface area (Å²) in [5, 5.41) is 9.84. The molecule has 1 heterocycles. The second-order valence-electron chi connectivity index (χ2n) is 3.93. The lowest BCUT2D eigenvalue weighted by Gasteiger charge is -2.39. The molecule has 1 saturated heterocycles. The zero-order valence-electron chi connectivity index (χ0n) is 10.2. The highest BCUT2D eigenvalue weighted by Gasteiger charge is 2.40. The van der Waals surface area contributed by atoms with Crippen molar-refractivity contribution in [2.24, 2.45) is 0 Å². The fourth-order valence-corrected chi connectivity index (χ4v) is 2.62. The number of hydrogen-bond acceptors (Lipinski definition) is 10.